The minimum Gasteiger partial charge on any atom is -0.348 e. The highest BCUT2D eigenvalue weighted by molar-refractivity contribution is 7.22. The Morgan fingerprint density at radius 1 is 1.40 bits per heavy atom. The van der Waals surface area contributed by atoms with Crippen molar-refractivity contribution in [2.75, 3.05) is 29.9 Å². The van der Waals surface area contributed by atoms with E-state index in [0.717, 1.165) is 34.1 Å². The molecule has 20 heavy (non-hydrogen) atoms. The molecular weight excluding hydrogens is 272 g/mol. The summed E-state index contributed by atoms with van der Waals surface area (Å²) in [7, 11) is 0. The Balaban J connectivity index is 1.81. The van der Waals surface area contributed by atoms with Crippen LogP contribution in [0.2, 0.25) is 0 Å². The first-order chi connectivity index (χ1) is 9.76. The Bertz CT molecular complexity index is 619. The van der Waals surface area contributed by atoms with Gasteiger partial charge in [0.05, 0.1) is 10.2 Å². The van der Waals surface area contributed by atoms with Gasteiger partial charge in [0.25, 0.3) is 0 Å². The molecule has 1 aromatic carbocycles. The van der Waals surface area contributed by atoms with Crippen LogP contribution in [0.15, 0.2) is 18.2 Å². The second-order valence-corrected chi connectivity index (χ2v) is 5.97. The number of anilines is 2. The van der Waals surface area contributed by atoms with E-state index in [0.29, 0.717) is 13.0 Å². The first-order valence-corrected chi connectivity index (χ1v) is 7.73. The zero-order valence-corrected chi connectivity index (χ0v) is 12.1. The maximum Gasteiger partial charge on any atom is 0.225 e. The van der Waals surface area contributed by atoms with Gasteiger partial charge >= 0.3 is 0 Å². The molecule has 3 N–H and O–H groups in total. The maximum atomic E-state index is 11.6. The van der Waals surface area contributed by atoms with E-state index in [1.807, 2.05) is 18.2 Å². The van der Waals surface area contributed by atoms with Crippen LogP contribution < -0.4 is 16.0 Å². The average Bonchev–Trinajstić information content (AvgIpc) is 3.07. The van der Waals surface area contributed by atoms with Gasteiger partial charge in [0.1, 0.15) is 0 Å². The molecule has 2 heterocycles. The molecule has 1 saturated heterocycles. The van der Waals surface area contributed by atoms with E-state index in [9.17, 15) is 4.79 Å². The number of aromatic nitrogens is 1. The fourth-order valence-electron chi connectivity index (χ4n) is 2.39. The lowest BCUT2D eigenvalue weighted by molar-refractivity contribution is -0.116. The van der Waals surface area contributed by atoms with E-state index in [1.54, 1.807) is 11.3 Å². The third-order valence-electron chi connectivity index (χ3n) is 3.41. The Kier molecular flexibility index (Phi) is 3.84. The summed E-state index contributed by atoms with van der Waals surface area (Å²) in [5, 5.41) is 3.95. The SMILES string of the molecule is NCCC(=O)Nc1ccc2nc(N3CCCC3)sc2c1. The van der Waals surface area contributed by atoms with E-state index in [-0.39, 0.29) is 5.91 Å². The van der Waals surface area contributed by atoms with Crippen LogP contribution >= 0.6 is 11.3 Å². The molecule has 0 saturated carbocycles. The number of hydrogen-bond donors (Lipinski definition) is 2. The van der Waals surface area contributed by atoms with Gasteiger partial charge in [0, 0.05) is 31.7 Å². The molecule has 0 unspecified atom stereocenters. The molecule has 106 valence electrons. The van der Waals surface area contributed by atoms with Gasteiger partial charge in [-0.05, 0) is 31.0 Å². The normalized spacial score (nSPS) is 14.9. The molecule has 2 aromatic rings. The van der Waals surface area contributed by atoms with Crippen LogP contribution in [0.3, 0.4) is 0 Å². The van der Waals surface area contributed by atoms with Crippen LogP contribution in [0.25, 0.3) is 10.2 Å². The number of amides is 1. The number of nitrogens with two attached hydrogens (primary N) is 1. The summed E-state index contributed by atoms with van der Waals surface area (Å²) < 4.78 is 1.11. The van der Waals surface area contributed by atoms with Crippen molar-refractivity contribution in [3.63, 3.8) is 0 Å². The number of nitrogens with zero attached hydrogens (tertiary/aromatic N) is 2. The lowest BCUT2D eigenvalue weighted by Gasteiger charge is -2.11. The molecule has 0 aliphatic carbocycles. The first-order valence-electron chi connectivity index (χ1n) is 6.92. The molecule has 1 amide bonds. The van der Waals surface area contributed by atoms with Crippen LogP contribution in [0.5, 0.6) is 0 Å². The van der Waals surface area contributed by atoms with Crippen molar-refractivity contribution in [3.05, 3.63) is 18.2 Å². The molecule has 1 aliphatic heterocycles. The number of nitrogens with one attached hydrogen (secondary N) is 1. The van der Waals surface area contributed by atoms with Crippen LogP contribution in [-0.4, -0.2) is 30.5 Å². The average molecular weight is 290 g/mol. The molecule has 3 rings (SSSR count). The highest BCUT2D eigenvalue weighted by atomic mass is 32.1. The quantitative estimate of drug-likeness (QED) is 0.905. The predicted octanol–water partition coefficient (Wildman–Crippen LogP) is 2.18. The van der Waals surface area contributed by atoms with Crippen LogP contribution in [-0.2, 0) is 4.79 Å². The van der Waals surface area contributed by atoms with Gasteiger partial charge in [-0.2, -0.15) is 0 Å². The summed E-state index contributed by atoms with van der Waals surface area (Å²) in [5.41, 5.74) is 7.18. The van der Waals surface area contributed by atoms with Crippen molar-refractivity contribution in [3.8, 4) is 0 Å². The molecule has 0 spiro atoms. The minimum absolute atomic E-state index is 0.0452. The second-order valence-electron chi connectivity index (χ2n) is 4.96. The van der Waals surface area contributed by atoms with Crippen LogP contribution in [0.4, 0.5) is 10.8 Å². The molecule has 1 aliphatic rings. The number of benzene rings is 1. The monoisotopic (exact) mass is 290 g/mol. The van der Waals surface area contributed by atoms with E-state index in [1.165, 1.54) is 12.8 Å². The lowest BCUT2D eigenvalue weighted by Crippen LogP contribution is -2.16. The van der Waals surface area contributed by atoms with Gasteiger partial charge in [0.15, 0.2) is 5.13 Å². The number of thiazole rings is 1. The molecule has 1 fully saturated rings. The zero-order chi connectivity index (χ0) is 13.9. The Labute approximate surface area is 121 Å². The third-order valence-corrected chi connectivity index (χ3v) is 4.49. The van der Waals surface area contributed by atoms with Crippen molar-refractivity contribution in [1.82, 2.24) is 4.98 Å². The highest BCUT2D eigenvalue weighted by Gasteiger charge is 2.16. The number of carbonyl (C=O) groups excluding carboxylic acids is 1. The molecule has 0 atom stereocenters. The summed E-state index contributed by atoms with van der Waals surface area (Å²) in [6, 6.07) is 5.84. The summed E-state index contributed by atoms with van der Waals surface area (Å²) in [5.74, 6) is -0.0452. The van der Waals surface area contributed by atoms with Gasteiger partial charge in [-0.15, -0.1) is 0 Å². The summed E-state index contributed by atoms with van der Waals surface area (Å²) in [4.78, 5) is 18.5. The molecular formula is C14H18N4OS. The van der Waals surface area contributed by atoms with Gasteiger partial charge in [-0.25, -0.2) is 4.98 Å². The van der Waals surface area contributed by atoms with Crippen molar-refractivity contribution in [2.45, 2.75) is 19.3 Å². The number of rotatable bonds is 4. The lowest BCUT2D eigenvalue weighted by atomic mass is 10.3. The van der Waals surface area contributed by atoms with E-state index >= 15 is 0 Å². The molecule has 0 radical (unpaired) electrons. The highest BCUT2D eigenvalue weighted by Crippen LogP contribution is 2.32. The second kappa shape index (κ2) is 5.76. The smallest absolute Gasteiger partial charge is 0.225 e. The Morgan fingerprint density at radius 2 is 2.20 bits per heavy atom. The van der Waals surface area contributed by atoms with E-state index in [2.05, 4.69) is 15.2 Å². The van der Waals surface area contributed by atoms with Crippen molar-refractivity contribution in [2.24, 2.45) is 5.73 Å². The number of fused-ring (bicyclic) bond motifs is 1. The minimum atomic E-state index is -0.0452. The topological polar surface area (TPSA) is 71.2 Å². The molecule has 6 heteroatoms. The molecule has 5 nitrogen and oxygen atoms in total. The number of carbonyl (C=O) groups is 1. The molecule has 1 aromatic heterocycles. The summed E-state index contributed by atoms with van der Waals surface area (Å²) >= 11 is 1.69. The van der Waals surface area contributed by atoms with E-state index in [4.69, 9.17) is 5.73 Å². The van der Waals surface area contributed by atoms with Gasteiger partial charge in [-0.1, -0.05) is 11.3 Å². The Morgan fingerprint density at radius 3 is 2.95 bits per heavy atom. The zero-order valence-electron chi connectivity index (χ0n) is 11.3. The summed E-state index contributed by atoms with van der Waals surface area (Å²) in [6.07, 6.45) is 2.84. The van der Waals surface area contributed by atoms with Crippen molar-refractivity contribution < 1.29 is 4.79 Å². The standard InChI is InChI=1S/C14H18N4OS/c15-6-5-13(19)16-10-3-4-11-12(9-10)20-14(17-11)18-7-1-2-8-18/h3-4,9H,1-2,5-8,15H2,(H,16,19). The fourth-order valence-corrected chi connectivity index (χ4v) is 3.44. The van der Waals surface area contributed by atoms with Gasteiger partial charge < -0.3 is 16.0 Å². The Hall–Kier alpha value is -1.66. The van der Waals surface area contributed by atoms with Crippen molar-refractivity contribution >= 4 is 38.3 Å². The van der Waals surface area contributed by atoms with Gasteiger partial charge in [0.2, 0.25) is 5.91 Å². The molecule has 0 bridgehead atoms. The predicted molar refractivity (Wildman–Crippen MR) is 83.4 cm³/mol. The van der Waals surface area contributed by atoms with Crippen LogP contribution in [0.1, 0.15) is 19.3 Å². The maximum absolute atomic E-state index is 11.6. The van der Waals surface area contributed by atoms with Gasteiger partial charge in [-0.3, -0.25) is 4.79 Å². The summed E-state index contributed by atoms with van der Waals surface area (Å²) in [6.45, 7) is 2.56. The largest absolute Gasteiger partial charge is 0.348 e. The van der Waals surface area contributed by atoms with Crippen molar-refractivity contribution in [1.29, 1.82) is 0 Å². The van der Waals surface area contributed by atoms with E-state index < -0.39 is 0 Å². The number of hydrogen-bond acceptors (Lipinski definition) is 5. The van der Waals surface area contributed by atoms with Crippen LogP contribution in [0, 0.1) is 0 Å². The first kappa shape index (κ1) is 13.3. The fraction of sp³-hybridized carbons (Fsp3) is 0.429. The third kappa shape index (κ3) is 2.76.